The van der Waals surface area contributed by atoms with E-state index in [1.54, 1.807) is 24.3 Å². The Labute approximate surface area is 114 Å². The fourth-order valence-electron chi connectivity index (χ4n) is 2.22. The van der Waals surface area contributed by atoms with E-state index in [4.69, 9.17) is 0 Å². The summed E-state index contributed by atoms with van der Waals surface area (Å²) in [6.07, 6.45) is 1.90. The molecule has 1 heterocycles. The second-order valence-corrected chi connectivity index (χ2v) is 4.61. The summed E-state index contributed by atoms with van der Waals surface area (Å²) in [5.74, 6) is 0.224. The van der Waals surface area contributed by atoms with E-state index in [1.807, 2.05) is 29.0 Å². The first kappa shape index (κ1) is 12.2. The minimum Gasteiger partial charge on any atom is -0.508 e. The average Bonchev–Trinajstić information content (AvgIpc) is 2.84. The molecule has 3 rings (SSSR count). The molecular weight excluding hydrogens is 256 g/mol. The monoisotopic (exact) mass is 268 g/mol. The molecule has 5 heteroatoms. The highest BCUT2D eigenvalue weighted by molar-refractivity contribution is 5.82. The highest BCUT2D eigenvalue weighted by Gasteiger charge is 2.09. The van der Waals surface area contributed by atoms with Crippen molar-refractivity contribution in [1.82, 2.24) is 4.57 Å². The number of hydrogen-bond donors (Lipinski definition) is 1. The summed E-state index contributed by atoms with van der Waals surface area (Å²) in [4.78, 5) is 10.5. The number of aromatic nitrogens is 1. The Hall–Kier alpha value is -2.82. The summed E-state index contributed by atoms with van der Waals surface area (Å²) in [7, 11) is 0. The molecule has 0 spiro atoms. The lowest BCUT2D eigenvalue weighted by Crippen LogP contribution is -1.98. The second kappa shape index (κ2) is 4.70. The van der Waals surface area contributed by atoms with Crippen LogP contribution in [-0.4, -0.2) is 14.6 Å². The van der Waals surface area contributed by atoms with Crippen LogP contribution in [0.25, 0.3) is 10.9 Å². The van der Waals surface area contributed by atoms with E-state index in [-0.39, 0.29) is 11.4 Å². The van der Waals surface area contributed by atoms with Crippen molar-refractivity contribution in [2.24, 2.45) is 0 Å². The van der Waals surface area contributed by atoms with Crippen LogP contribution in [0.15, 0.2) is 54.7 Å². The lowest BCUT2D eigenvalue weighted by molar-refractivity contribution is -0.384. The first-order valence-electron chi connectivity index (χ1n) is 6.15. The third-order valence-electron chi connectivity index (χ3n) is 3.26. The summed E-state index contributed by atoms with van der Waals surface area (Å²) < 4.78 is 1.95. The van der Waals surface area contributed by atoms with Gasteiger partial charge in [-0.15, -0.1) is 0 Å². The van der Waals surface area contributed by atoms with Gasteiger partial charge in [0.15, 0.2) is 0 Å². The highest BCUT2D eigenvalue weighted by Crippen LogP contribution is 2.23. The Morgan fingerprint density at radius 1 is 1.10 bits per heavy atom. The molecule has 0 unspecified atom stereocenters. The van der Waals surface area contributed by atoms with Crippen LogP contribution in [0.2, 0.25) is 0 Å². The van der Waals surface area contributed by atoms with E-state index >= 15 is 0 Å². The molecule has 5 nitrogen and oxygen atoms in total. The van der Waals surface area contributed by atoms with Crippen LogP contribution < -0.4 is 0 Å². The zero-order chi connectivity index (χ0) is 14.1. The van der Waals surface area contributed by atoms with E-state index < -0.39 is 4.92 Å². The normalized spacial score (nSPS) is 10.8. The quantitative estimate of drug-likeness (QED) is 0.585. The van der Waals surface area contributed by atoms with Gasteiger partial charge in [-0.05, 0) is 29.8 Å². The summed E-state index contributed by atoms with van der Waals surface area (Å²) in [6, 6.07) is 13.7. The topological polar surface area (TPSA) is 68.3 Å². The van der Waals surface area contributed by atoms with E-state index in [2.05, 4.69) is 0 Å². The van der Waals surface area contributed by atoms with Gasteiger partial charge in [-0.25, -0.2) is 0 Å². The highest BCUT2D eigenvalue weighted by atomic mass is 16.6. The molecule has 0 aliphatic heterocycles. The third-order valence-corrected chi connectivity index (χ3v) is 3.26. The van der Waals surface area contributed by atoms with Crippen molar-refractivity contribution in [3.63, 3.8) is 0 Å². The van der Waals surface area contributed by atoms with E-state index in [0.717, 1.165) is 16.5 Å². The van der Waals surface area contributed by atoms with Crippen LogP contribution in [0.5, 0.6) is 5.75 Å². The van der Waals surface area contributed by atoms with Crippen molar-refractivity contribution in [1.29, 1.82) is 0 Å². The molecule has 0 aliphatic rings. The van der Waals surface area contributed by atoms with Crippen LogP contribution in [0, 0.1) is 10.1 Å². The fourth-order valence-corrected chi connectivity index (χ4v) is 2.22. The molecule has 0 radical (unpaired) electrons. The number of nitro groups is 1. The number of phenols is 1. The molecule has 1 aromatic heterocycles. The van der Waals surface area contributed by atoms with Gasteiger partial charge in [0.25, 0.3) is 5.69 Å². The minimum absolute atomic E-state index is 0.0863. The largest absolute Gasteiger partial charge is 0.508 e. The maximum absolute atomic E-state index is 10.8. The molecule has 0 atom stereocenters. The number of phenolic OH excluding ortho intramolecular Hbond substituents is 1. The van der Waals surface area contributed by atoms with Crippen LogP contribution in [0.3, 0.4) is 0 Å². The number of non-ortho nitro benzene ring substituents is 1. The third kappa shape index (κ3) is 2.21. The molecule has 20 heavy (non-hydrogen) atoms. The van der Waals surface area contributed by atoms with E-state index in [0.29, 0.717) is 6.54 Å². The van der Waals surface area contributed by atoms with Crippen molar-refractivity contribution in [2.75, 3.05) is 0 Å². The molecule has 0 fully saturated rings. The minimum atomic E-state index is -0.392. The Balaban J connectivity index is 2.00. The Morgan fingerprint density at radius 3 is 2.55 bits per heavy atom. The van der Waals surface area contributed by atoms with Gasteiger partial charge in [0, 0.05) is 30.3 Å². The average molecular weight is 268 g/mol. The van der Waals surface area contributed by atoms with E-state index in [9.17, 15) is 15.2 Å². The summed E-state index contributed by atoms with van der Waals surface area (Å²) >= 11 is 0. The predicted molar refractivity (Wildman–Crippen MR) is 75.8 cm³/mol. The SMILES string of the molecule is O=[N+]([O-])c1ccc2ccn(Cc3ccc(O)cc3)c2c1. The fraction of sp³-hybridized carbons (Fsp3) is 0.0667. The number of nitro benzene ring substituents is 1. The molecule has 0 bridgehead atoms. The van der Waals surface area contributed by atoms with Gasteiger partial charge in [-0.2, -0.15) is 0 Å². The van der Waals surface area contributed by atoms with Crippen molar-refractivity contribution in [3.8, 4) is 5.75 Å². The summed E-state index contributed by atoms with van der Waals surface area (Å²) in [5.41, 5.74) is 1.93. The maximum atomic E-state index is 10.8. The Kier molecular flexibility index (Phi) is 2.87. The van der Waals surface area contributed by atoms with Crippen molar-refractivity contribution < 1.29 is 10.0 Å². The first-order valence-corrected chi connectivity index (χ1v) is 6.15. The lowest BCUT2D eigenvalue weighted by atomic mass is 10.2. The zero-order valence-corrected chi connectivity index (χ0v) is 10.6. The number of aromatic hydroxyl groups is 1. The molecular formula is C15H12N2O3. The number of benzene rings is 2. The predicted octanol–water partition coefficient (Wildman–Crippen LogP) is 3.30. The van der Waals surface area contributed by atoms with Gasteiger partial charge in [-0.3, -0.25) is 10.1 Å². The molecule has 3 aromatic rings. The van der Waals surface area contributed by atoms with Gasteiger partial charge >= 0.3 is 0 Å². The molecule has 1 N–H and O–H groups in total. The van der Waals surface area contributed by atoms with Crippen molar-refractivity contribution in [3.05, 3.63) is 70.4 Å². The van der Waals surface area contributed by atoms with Gasteiger partial charge in [0.2, 0.25) is 0 Å². The molecule has 2 aromatic carbocycles. The van der Waals surface area contributed by atoms with Crippen LogP contribution in [-0.2, 0) is 6.54 Å². The Morgan fingerprint density at radius 2 is 1.85 bits per heavy atom. The summed E-state index contributed by atoms with van der Waals surface area (Å²) in [6.45, 7) is 0.602. The number of rotatable bonds is 3. The zero-order valence-electron chi connectivity index (χ0n) is 10.6. The van der Waals surface area contributed by atoms with Crippen molar-refractivity contribution >= 4 is 16.6 Å². The molecule has 0 aliphatic carbocycles. The van der Waals surface area contributed by atoms with Gasteiger partial charge in [0.1, 0.15) is 5.75 Å². The molecule has 0 saturated heterocycles. The van der Waals surface area contributed by atoms with Gasteiger partial charge < -0.3 is 9.67 Å². The second-order valence-electron chi connectivity index (χ2n) is 4.61. The molecule has 100 valence electrons. The van der Waals surface area contributed by atoms with Crippen LogP contribution >= 0.6 is 0 Å². The molecule has 0 amide bonds. The number of fused-ring (bicyclic) bond motifs is 1. The van der Waals surface area contributed by atoms with Crippen molar-refractivity contribution in [2.45, 2.75) is 6.54 Å². The maximum Gasteiger partial charge on any atom is 0.271 e. The van der Waals surface area contributed by atoms with Crippen LogP contribution in [0.4, 0.5) is 5.69 Å². The number of nitrogens with zero attached hydrogens (tertiary/aromatic N) is 2. The first-order chi connectivity index (χ1) is 9.63. The lowest BCUT2D eigenvalue weighted by Gasteiger charge is -2.06. The van der Waals surface area contributed by atoms with E-state index in [1.165, 1.54) is 6.07 Å². The molecule has 0 saturated carbocycles. The van der Waals surface area contributed by atoms with Gasteiger partial charge in [0.05, 0.1) is 10.4 Å². The standard InChI is InChI=1S/C15H12N2O3/c18-14-5-1-11(2-6-14)10-16-8-7-12-3-4-13(17(19)20)9-15(12)16/h1-9,18H,10H2. The summed E-state index contributed by atoms with van der Waals surface area (Å²) in [5, 5.41) is 21.1. The number of hydrogen-bond acceptors (Lipinski definition) is 3. The van der Waals surface area contributed by atoms with Gasteiger partial charge in [-0.1, -0.05) is 12.1 Å². The van der Waals surface area contributed by atoms with Crippen LogP contribution in [0.1, 0.15) is 5.56 Å². The smallest absolute Gasteiger partial charge is 0.271 e. The Bertz CT molecular complexity index is 775.